The maximum Gasteiger partial charge on any atom is 0.412 e. The first-order valence-electron chi connectivity index (χ1n) is 10.9. The van der Waals surface area contributed by atoms with E-state index in [0.717, 1.165) is 4.90 Å². The SMILES string of the molecule is COCO[C@@H]1[C@H](CO)CN(C(=O)OC(C)(C)C)[C@@H](N2C(=O)c3ccccc3C2=O)[C@H]1OCOC. The fourth-order valence-electron chi connectivity index (χ4n) is 4.18. The van der Waals surface area contributed by atoms with Crippen LogP contribution in [0.3, 0.4) is 0 Å². The number of hydrogen-bond acceptors (Lipinski definition) is 9. The van der Waals surface area contributed by atoms with Crippen LogP contribution in [0.5, 0.6) is 0 Å². The Morgan fingerprint density at radius 2 is 1.53 bits per heavy atom. The fraction of sp³-hybridized carbons (Fsp3) is 0.609. The van der Waals surface area contributed by atoms with E-state index >= 15 is 0 Å². The predicted octanol–water partition coefficient (Wildman–Crippen LogP) is 1.45. The molecule has 3 amide bonds. The standard InChI is InChI=1S/C23H32N2O9/c1-23(2,3)34-22(29)24-10-14(11-26)17(32-12-30-4)18(33-13-31-5)19(24)25-20(27)15-8-6-7-9-16(15)21(25)28/h6-9,14,17-19,26H,10-13H2,1-5H3/t14-,17+,18-,19-/m0/s1. The summed E-state index contributed by atoms with van der Waals surface area (Å²) in [6.07, 6.45) is -3.87. The average molecular weight is 481 g/mol. The highest BCUT2D eigenvalue weighted by Crippen LogP contribution is 2.35. The Labute approximate surface area is 198 Å². The molecule has 0 unspecified atom stereocenters. The van der Waals surface area contributed by atoms with Crippen molar-refractivity contribution in [3.63, 3.8) is 0 Å². The van der Waals surface area contributed by atoms with Gasteiger partial charge in [0.25, 0.3) is 11.8 Å². The van der Waals surface area contributed by atoms with Crippen LogP contribution in [-0.2, 0) is 23.7 Å². The number of likely N-dealkylation sites (tertiary alicyclic amines) is 1. The second kappa shape index (κ2) is 10.8. The van der Waals surface area contributed by atoms with Crippen molar-refractivity contribution in [3.8, 4) is 0 Å². The van der Waals surface area contributed by atoms with Gasteiger partial charge in [-0.15, -0.1) is 0 Å². The minimum absolute atomic E-state index is 0.0509. The Morgan fingerprint density at radius 3 is 2.00 bits per heavy atom. The topological polar surface area (TPSA) is 124 Å². The molecule has 2 aliphatic heterocycles. The Kier molecular flexibility index (Phi) is 8.26. The first kappa shape index (κ1) is 26.0. The van der Waals surface area contributed by atoms with Gasteiger partial charge in [0.2, 0.25) is 0 Å². The van der Waals surface area contributed by atoms with Crippen LogP contribution in [0.2, 0.25) is 0 Å². The zero-order chi connectivity index (χ0) is 25.0. The summed E-state index contributed by atoms with van der Waals surface area (Å²) in [6, 6.07) is 6.42. The number of carbonyl (C=O) groups is 3. The van der Waals surface area contributed by atoms with Crippen molar-refractivity contribution >= 4 is 17.9 Å². The average Bonchev–Trinajstić information content (AvgIpc) is 3.04. The number of hydrogen-bond donors (Lipinski definition) is 1. The van der Waals surface area contributed by atoms with E-state index in [9.17, 15) is 19.5 Å². The molecule has 0 bridgehead atoms. The largest absolute Gasteiger partial charge is 0.444 e. The van der Waals surface area contributed by atoms with E-state index in [0.29, 0.717) is 0 Å². The number of methoxy groups -OCH3 is 2. The van der Waals surface area contributed by atoms with E-state index in [2.05, 4.69) is 0 Å². The minimum Gasteiger partial charge on any atom is -0.444 e. The number of piperidine rings is 1. The minimum atomic E-state index is -1.22. The molecule has 4 atom stereocenters. The molecule has 1 fully saturated rings. The maximum absolute atomic E-state index is 13.4. The molecule has 2 heterocycles. The molecule has 11 nitrogen and oxygen atoms in total. The number of nitrogens with zero attached hydrogens (tertiary/aromatic N) is 2. The zero-order valence-electron chi connectivity index (χ0n) is 20.1. The van der Waals surface area contributed by atoms with Crippen LogP contribution in [0.15, 0.2) is 24.3 Å². The smallest absolute Gasteiger partial charge is 0.412 e. The Balaban J connectivity index is 2.09. The molecule has 1 aromatic carbocycles. The molecule has 0 aromatic heterocycles. The van der Waals surface area contributed by atoms with E-state index in [4.69, 9.17) is 23.7 Å². The number of aliphatic hydroxyl groups is 1. The second-order valence-electron chi connectivity index (χ2n) is 9.09. The van der Waals surface area contributed by atoms with Gasteiger partial charge >= 0.3 is 6.09 Å². The molecule has 3 rings (SSSR count). The van der Waals surface area contributed by atoms with Gasteiger partial charge in [0.05, 0.1) is 23.8 Å². The van der Waals surface area contributed by atoms with Crippen LogP contribution in [0, 0.1) is 5.92 Å². The quantitative estimate of drug-likeness (QED) is 0.435. The van der Waals surface area contributed by atoms with Gasteiger partial charge in [-0.3, -0.25) is 14.5 Å². The van der Waals surface area contributed by atoms with Gasteiger partial charge in [0.1, 0.15) is 31.5 Å². The van der Waals surface area contributed by atoms with Crippen molar-refractivity contribution in [3.05, 3.63) is 35.4 Å². The first-order chi connectivity index (χ1) is 16.1. The fourth-order valence-corrected chi connectivity index (χ4v) is 4.18. The third-order valence-electron chi connectivity index (χ3n) is 5.54. The summed E-state index contributed by atoms with van der Waals surface area (Å²) >= 11 is 0. The lowest BCUT2D eigenvalue weighted by atomic mass is 9.90. The van der Waals surface area contributed by atoms with E-state index in [-0.39, 0.29) is 37.9 Å². The summed E-state index contributed by atoms with van der Waals surface area (Å²) in [5, 5.41) is 10.1. The number of aliphatic hydroxyl groups excluding tert-OH is 1. The molecule has 0 spiro atoms. The third kappa shape index (κ3) is 5.23. The molecule has 0 saturated carbocycles. The number of carbonyl (C=O) groups excluding carboxylic acids is 3. The van der Waals surface area contributed by atoms with Crippen molar-refractivity contribution in [2.45, 2.75) is 44.7 Å². The van der Waals surface area contributed by atoms with Crippen molar-refractivity contribution in [2.24, 2.45) is 5.92 Å². The summed E-state index contributed by atoms with van der Waals surface area (Å²) < 4.78 is 27.4. The van der Waals surface area contributed by atoms with Crippen LogP contribution >= 0.6 is 0 Å². The molecule has 2 aliphatic rings. The lowest BCUT2D eigenvalue weighted by Gasteiger charge is -2.49. The normalized spacial score (nSPS) is 25.0. The Bertz CT molecular complexity index is 866. The third-order valence-corrected chi connectivity index (χ3v) is 5.54. The number of rotatable bonds is 8. The first-order valence-corrected chi connectivity index (χ1v) is 10.9. The lowest BCUT2D eigenvalue weighted by molar-refractivity contribution is -0.223. The van der Waals surface area contributed by atoms with Gasteiger partial charge in [-0.25, -0.2) is 9.69 Å². The summed E-state index contributed by atoms with van der Waals surface area (Å²) in [5.74, 6) is -1.76. The number of amides is 3. The van der Waals surface area contributed by atoms with Crippen LogP contribution in [-0.4, -0.2) is 97.7 Å². The van der Waals surface area contributed by atoms with Gasteiger partial charge in [0.15, 0.2) is 0 Å². The van der Waals surface area contributed by atoms with Crippen molar-refractivity contribution in [2.75, 3.05) is 41.0 Å². The van der Waals surface area contributed by atoms with E-state index in [1.165, 1.54) is 19.1 Å². The molecule has 0 radical (unpaired) electrons. The van der Waals surface area contributed by atoms with E-state index < -0.39 is 47.8 Å². The number of fused-ring (bicyclic) bond motifs is 1. The molecular formula is C23H32N2O9. The monoisotopic (exact) mass is 480 g/mol. The van der Waals surface area contributed by atoms with Gasteiger partial charge in [-0.2, -0.15) is 0 Å². The van der Waals surface area contributed by atoms with Crippen molar-refractivity contribution < 1.29 is 43.2 Å². The molecule has 1 saturated heterocycles. The lowest BCUT2D eigenvalue weighted by Crippen LogP contribution is -2.69. The zero-order valence-corrected chi connectivity index (χ0v) is 20.1. The van der Waals surface area contributed by atoms with Crippen molar-refractivity contribution in [1.82, 2.24) is 9.80 Å². The van der Waals surface area contributed by atoms with Gasteiger partial charge in [0, 0.05) is 26.7 Å². The van der Waals surface area contributed by atoms with E-state index in [1.54, 1.807) is 45.0 Å². The number of benzene rings is 1. The maximum atomic E-state index is 13.4. The highest BCUT2D eigenvalue weighted by molar-refractivity contribution is 6.21. The summed E-state index contributed by atoms with van der Waals surface area (Å²) in [5.41, 5.74) is -0.397. The number of ether oxygens (including phenoxy) is 5. The second-order valence-corrected chi connectivity index (χ2v) is 9.09. The summed E-state index contributed by atoms with van der Waals surface area (Å²) in [4.78, 5) is 42.3. The highest BCUT2D eigenvalue weighted by Gasteiger charge is 2.55. The Morgan fingerprint density at radius 1 is 1.00 bits per heavy atom. The number of imide groups is 1. The van der Waals surface area contributed by atoms with Crippen LogP contribution in [0.1, 0.15) is 41.5 Å². The molecule has 0 aliphatic carbocycles. The molecule has 11 heteroatoms. The Hall–Kier alpha value is -2.57. The van der Waals surface area contributed by atoms with Crippen LogP contribution in [0.25, 0.3) is 0 Å². The van der Waals surface area contributed by atoms with Gasteiger partial charge in [-0.1, -0.05) is 12.1 Å². The van der Waals surface area contributed by atoms with Gasteiger partial charge in [-0.05, 0) is 32.9 Å². The van der Waals surface area contributed by atoms with Gasteiger partial charge < -0.3 is 28.8 Å². The molecular weight excluding hydrogens is 448 g/mol. The molecule has 1 N–H and O–H groups in total. The van der Waals surface area contributed by atoms with Crippen LogP contribution in [0.4, 0.5) is 4.79 Å². The predicted molar refractivity (Wildman–Crippen MR) is 118 cm³/mol. The highest BCUT2D eigenvalue weighted by atomic mass is 16.7. The van der Waals surface area contributed by atoms with Crippen molar-refractivity contribution in [1.29, 1.82) is 0 Å². The van der Waals surface area contributed by atoms with E-state index in [1.807, 2.05) is 0 Å². The summed E-state index contributed by atoms with van der Waals surface area (Å²) in [7, 11) is 2.86. The van der Waals surface area contributed by atoms with Crippen LogP contribution < -0.4 is 0 Å². The molecule has 1 aromatic rings. The molecule has 34 heavy (non-hydrogen) atoms. The molecule has 188 valence electrons. The summed E-state index contributed by atoms with van der Waals surface area (Å²) in [6.45, 7) is 4.38.